The van der Waals surface area contributed by atoms with Crippen molar-refractivity contribution < 1.29 is 19.8 Å². The number of hydrogen-bond acceptors (Lipinski definition) is 3. The van der Waals surface area contributed by atoms with Crippen molar-refractivity contribution in [2.45, 2.75) is 16.1 Å². The molecule has 134 valence electrons. The quantitative estimate of drug-likeness (QED) is 0.644. The van der Waals surface area contributed by atoms with Crippen LogP contribution in [-0.2, 0) is 16.0 Å². The molecule has 2 N–H and O–H groups in total. The largest absolute Gasteiger partial charge is 0.480 e. The molecule has 3 aromatic rings. The second-order valence-electron chi connectivity index (χ2n) is 6.36. The highest BCUT2D eigenvalue weighted by molar-refractivity contribution is 8.01. The minimum atomic E-state index is -1.37. The molecule has 0 fully saturated rings. The Labute approximate surface area is 160 Å². The Morgan fingerprint density at radius 1 is 0.926 bits per heavy atom. The van der Waals surface area contributed by atoms with Crippen molar-refractivity contribution in [2.75, 3.05) is 0 Å². The summed E-state index contributed by atoms with van der Waals surface area (Å²) in [7, 11) is 0. The van der Waals surface area contributed by atoms with Crippen molar-refractivity contribution in [2.24, 2.45) is 0 Å². The topological polar surface area (TPSA) is 74.6 Å². The molecule has 0 amide bonds. The molecule has 3 aromatic carbocycles. The summed E-state index contributed by atoms with van der Waals surface area (Å²) < 4.78 is -1.37. The van der Waals surface area contributed by atoms with Gasteiger partial charge in [-0.3, -0.25) is 0 Å². The third kappa shape index (κ3) is 2.80. The van der Waals surface area contributed by atoms with Crippen LogP contribution in [0.15, 0.2) is 77.7 Å². The Morgan fingerprint density at radius 2 is 1.67 bits per heavy atom. The molecule has 5 heteroatoms. The van der Waals surface area contributed by atoms with Crippen molar-refractivity contribution in [3.8, 4) is 0 Å². The average Bonchev–Trinajstić information content (AvgIpc) is 2.67. The molecular weight excluding hydrogens is 360 g/mol. The summed E-state index contributed by atoms with van der Waals surface area (Å²) in [5, 5.41) is 21.7. The number of benzene rings is 3. The molecule has 0 heterocycles. The van der Waals surface area contributed by atoms with Crippen LogP contribution >= 0.6 is 11.8 Å². The predicted octanol–water partition coefficient (Wildman–Crippen LogP) is 4.72. The van der Waals surface area contributed by atoms with Crippen LogP contribution in [0.1, 0.15) is 21.5 Å². The van der Waals surface area contributed by atoms with Crippen LogP contribution in [-0.4, -0.2) is 22.2 Å². The number of allylic oxidation sites excluding steroid dienone is 1. The van der Waals surface area contributed by atoms with E-state index in [1.807, 2.05) is 42.5 Å². The minimum absolute atomic E-state index is 0.154. The van der Waals surface area contributed by atoms with Gasteiger partial charge in [0.05, 0.1) is 5.56 Å². The van der Waals surface area contributed by atoms with Crippen LogP contribution in [0.3, 0.4) is 0 Å². The van der Waals surface area contributed by atoms with E-state index < -0.39 is 16.7 Å². The summed E-state index contributed by atoms with van der Waals surface area (Å²) in [4.78, 5) is 24.9. The van der Waals surface area contributed by atoms with E-state index in [2.05, 4.69) is 0 Å². The summed E-state index contributed by atoms with van der Waals surface area (Å²) in [6.45, 7) is 0. The zero-order chi connectivity index (χ0) is 19.0. The molecule has 0 saturated heterocycles. The van der Waals surface area contributed by atoms with Gasteiger partial charge in [-0.25, -0.2) is 9.59 Å². The van der Waals surface area contributed by atoms with Gasteiger partial charge >= 0.3 is 11.9 Å². The molecule has 4 nitrogen and oxygen atoms in total. The van der Waals surface area contributed by atoms with E-state index in [0.717, 1.165) is 15.7 Å². The molecule has 0 spiro atoms. The van der Waals surface area contributed by atoms with Gasteiger partial charge in [0.2, 0.25) is 0 Å². The first-order valence-corrected chi connectivity index (χ1v) is 9.28. The third-order valence-corrected chi connectivity index (χ3v) is 6.25. The number of hydrogen-bond donors (Lipinski definition) is 2. The third-order valence-electron chi connectivity index (χ3n) is 4.82. The van der Waals surface area contributed by atoms with Crippen LogP contribution in [0, 0.1) is 0 Å². The fraction of sp³-hybridized carbons (Fsp3) is 0.0909. The molecule has 27 heavy (non-hydrogen) atoms. The standard InChI is InChI=1S/C22H16O4S/c23-20(24)17-9-4-11-18-16(17)10-5-13-22(18,21(25)26)27-19-12-3-7-14-6-1-2-8-15(14)19/h1-9,11-13H,10H2,(H,23,24)(H,25,26). The summed E-state index contributed by atoms with van der Waals surface area (Å²) >= 11 is 1.23. The van der Waals surface area contributed by atoms with Gasteiger partial charge in [0.15, 0.2) is 4.75 Å². The number of carbonyl (C=O) groups is 2. The van der Waals surface area contributed by atoms with Gasteiger partial charge in [-0.05, 0) is 40.5 Å². The van der Waals surface area contributed by atoms with Crippen LogP contribution in [0.25, 0.3) is 10.8 Å². The van der Waals surface area contributed by atoms with Gasteiger partial charge in [-0.2, -0.15) is 0 Å². The Morgan fingerprint density at radius 3 is 2.44 bits per heavy atom. The molecule has 0 bridgehead atoms. The number of thioether (sulfide) groups is 1. The fourth-order valence-corrected chi connectivity index (χ4v) is 4.91. The van der Waals surface area contributed by atoms with Gasteiger partial charge in [0, 0.05) is 4.90 Å². The smallest absolute Gasteiger partial charge is 0.335 e. The molecule has 0 saturated carbocycles. The second kappa shape index (κ2) is 6.59. The van der Waals surface area contributed by atoms with Crippen molar-refractivity contribution in [1.82, 2.24) is 0 Å². The SMILES string of the molecule is O=C(O)c1cccc2c1CC=CC2(Sc1cccc2ccccc12)C(=O)O. The zero-order valence-corrected chi connectivity index (χ0v) is 15.1. The number of carboxylic acids is 2. The molecule has 0 aliphatic heterocycles. The van der Waals surface area contributed by atoms with Crippen molar-refractivity contribution >= 4 is 34.5 Å². The maximum atomic E-state index is 12.4. The number of aromatic carboxylic acids is 1. The first kappa shape index (κ1) is 17.4. The van der Waals surface area contributed by atoms with Gasteiger partial charge in [0.1, 0.15) is 0 Å². The van der Waals surface area contributed by atoms with Crippen LogP contribution in [0.5, 0.6) is 0 Å². The number of aliphatic carboxylic acids is 1. The lowest BCUT2D eigenvalue weighted by Crippen LogP contribution is -2.33. The molecule has 1 aliphatic rings. The second-order valence-corrected chi connectivity index (χ2v) is 7.65. The number of rotatable bonds is 4. The van der Waals surface area contributed by atoms with Crippen LogP contribution in [0.4, 0.5) is 0 Å². The Bertz CT molecular complexity index is 1100. The van der Waals surface area contributed by atoms with Gasteiger partial charge in [-0.1, -0.05) is 72.4 Å². The molecule has 0 aromatic heterocycles. The minimum Gasteiger partial charge on any atom is -0.480 e. The fourth-order valence-electron chi connectivity index (χ4n) is 3.56. The van der Waals surface area contributed by atoms with E-state index in [9.17, 15) is 19.8 Å². The maximum absolute atomic E-state index is 12.4. The number of fused-ring (bicyclic) bond motifs is 2. The lowest BCUT2D eigenvalue weighted by molar-refractivity contribution is -0.138. The summed E-state index contributed by atoms with van der Waals surface area (Å²) in [5.41, 5.74) is 1.24. The van der Waals surface area contributed by atoms with E-state index in [-0.39, 0.29) is 5.56 Å². The van der Waals surface area contributed by atoms with Gasteiger partial charge in [0.25, 0.3) is 0 Å². The van der Waals surface area contributed by atoms with E-state index in [0.29, 0.717) is 17.5 Å². The predicted molar refractivity (Wildman–Crippen MR) is 105 cm³/mol. The normalized spacial score (nSPS) is 18.2. The van der Waals surface area contributed by atoms with Crippen molar-refractivity contribution in [3.63, 3.8) is 0 Å². The molecule has 1 aliphatic carbocycles. The monoisotopic (exact) mass is 376 g/mol. The first-order chi connectivity index (χ1) is 13.0. The van der Waals surface area contributed by atoms with E-state index in [1.165, 1.54) is 17.8 Å². The number of carboxylic acid groups (broad SMARTS) is 2. The lowest BCUT2D eigenvalue weighted by atomic mass is 9.84. The Kier molecular flexibility index (Phi) is 4.24. The highest BCUT2D eigenvalue weighted by Gasteiger charge is 2.43. The molecule has 1 atom stereocenters. The van der Waals surface area contributed by atoms with Crippen molar-refractivity contribution in [3.05, 3.63) is 89.5 Å². The highest BCUT2D eigenvalue weighted by Crippen LogP contribution is 2.48. The van der Waals surface area contributed by atoms with Gasteiger partial charge in [-0.15, -0.1) is 0 Å². The van der Waals surface area contributed by atoms with E-state index in [1.54, 1.807) is 24.3 Å². The molecule has 1 unspecified atom stereocenters. The van der Waals surface area contributed by atoms with Crippen LogP contribution < -0.4 is 0 Å². The average molecular weight is 376 g/mol. The summed E-state index contributed by atoms with van der Waals surface area (Å²) in [6, 6.07) is 18.5. The van der Waals surface area contributed by atoms with Crippen molar-refractivity contribution in [1.29, 1.82) is 0 Å². The first-order valence-electron chi connectivity index (χ1n) is 8.46. The van der Waals surface area contributed by atoms with Gasteiger partial charge < -0.3 is 10.2 Å². The maximum Gasteiger partial charge on any atom is 0.335 e. The summed E-state index contributed by atoms with van der Waals surface area (Å²) in [6.07, 6.45) is 3.83. The molecule has 0 radical (unpaired) electrons. The van der Waals surface area contributed by atoms with Crippen LogP contribution in [0.2, 0.25) is 0 Å². The molecule has 4 rings (SSSR count). The lowest BCUT2D eigenvalue weighted by Gasteiger charge is -2.32. The van der Waals surface area contributed by atoms with E-state index in [4.69, 9.17) is 0 Å². The Balaban J connectivity index is 1.92. The van der Waals surface area contributed by atoms with E-state index >= 15 is 0 Å². The highest BCUT2D eigenvalue weighted by atomic mass is 32.2. The zero-order valence-electron chi connectivity index (χ0n) is 14.3. The molecular formula is C22H16O4S. The summed E-state index contributed by atoms with van der Waals surface area (Å²) in [5.74, 6) is -2.06. The Hall–Kier alpha value is -3.05.